The molecule has 0 amide bonds. The van der Waals surface area contributed by atoms with Crippen LogP contribution in [-0.4, -0.2) is 102 Å². The largest absolute Gasteiger partial charge is 0.461 e. The molecule has 13 heteroatoms. The Morgan fingerprint density at radius 3 is 1.52 bits per heavy atom. The molecule has 9 nitrogen and oxygen atoms in total. The Morgan fingerprint density at radius 1 is 0.880 bits per heavy atom. The van der Waals surface area contributed by atoms with Crippen LogP contribution in [0.25, 0.3) is 0 Å². The maximum absolute atomic E-state index is 11.4. The third-order valence-corrected chi connectivity index (χ3v) is 5.49. The number of aliphatic hydroxyl groups excluding tert-OH is 7. The summed E-state index contributed by atoms with van der Waals surface area (Å²) in [7, 11) is 0. The van der Waals surface area contributed by atoms with Gasteiger partial charge in [0, 0.05) is 0 Å². The maximum Gasteiger partial charge on any atom is 0.334 e. The number of hydrogen-bond acceptors (Lipinski definition) is 13. The van der Waals surface area contributed by atoms with E-state index in [9.17, 15) is 9.90 Å². The standard InChI is InChI=1S/C7H14O5S4.C5H12O4/c8-1-3(9)4(10)2-12-5(11)7(15,16)6(13)14;6-1-5(2-7,3-8)4-9/h3-4,6,8-10,13-16H,1-2H2;6-9H,1-4H2/t3-,4+;/m1./s1. The van der Waals surface area contributed by atoms with E-state index in [0.717, 1.165) is 0 Å². The van der Waals surface area contributed by atoms with Crippen LogP contribution >= 0.6 is 50.5 Å². The number of aliphatic hydroxyl groups is 7. The molecule has 0 heterocycles. The second-order valence-electron chi connectivity index (χ2n) is 5.15. The number of carbonyl (C=O) groups is 1. The molecule has 7 N–H and O–H groups in total. The fourth-order valence-electron chi connectivity index (χ4n) is 0.905. The second kappa shape index (κ2) is 13.7. The minimum Gasteiger partial charge on any atom is -0.461 e. The molecule has 0 radical (unpaired) electrons. The van der Waals surface area contributed by atoms with Gasteiger partial charge in [0.15, 0.2) is 4.08 Å². The number of ether oxygens (including phenoxy) is 1. The first kappa shape index (κ1) is 27.8. The maximum atomic E-state index is 11.4. The minimum absolute atomic E-state index is 0.406. The zero-order valence-electron chi connectivity index (χ0n) is 13.2. The molecular weight excluding hydrogens is 416 g/mol. The predicted molar refractivity (Wildman–Crippen MR) is 103 cm³/mol. The highest BCUT2D eigenvalue weighted by Gasteiger charge is 2.37. The lowest BCUT2D eigenvalue weighted by Gasteiger charge is -2.24. The summed E-state index contributed by atoms with van der Waals surface area (Å²) in [5.41, 5.74) is -1.11. The Labute approximate surface area is 167 Å². The van der Waals surface area contributed by atoms with Gasteiger partial charge in [-0.05, 0) is 0 Å². The van der Waals surface area contributed by atoms with E-state index in [1.807, 2.05) is 0 Å². The number of rotatable bonds is 10. The van der Waals surface area contributed by atoms with Crippen molar-refractivity contribution >= 4 is 56.5 Å². The molecule has 0 aromatic rings. The highest BCUT2D eigenvalue weighted by atomic mass is 32.2. The van der Waals surface area contributed by atoms with E-state index in [1.165, 1.54) is 0 Å². The lowest BCUT2D eigenvalue weighted by atomic mass is 9.93. The summed E-state index contributed by atoms with van der Waals surface area (Å²) in [5, 5.41) is 60.7. The average Bonchev–Trinajstić information content (AvgIpc) is 2.61. The lowest BCUT2D eigenvalue weighted by molar-refractivity contribution is -0.149. The van der Waals surface area contributed by atoms with Gasteiger partial charge in [0.1, 0.15) is 18.8 Å². The first-order chi connectivity index (χ1) is 11.5. The molecule has 0 aromatic carbocycles. The molecule has 25 heavy (non-hydrogen) atoms. The van der Waals surface area contributed by atoms with Crippen LogP contribution in [0.5, 0.6) is 0 Å². The molecule has 0 bridgehead atoms. The highest BCUT2D eigenvalue weighted by Crippen LogP contribution is 2.31. The van der Waals surface area contributed by atoms with Crippen molar-refractivity contribution in [1.29, 1.82) is 0 Å². The van der Waals surface area contributed by atoms with Crippen molar-refractivity contribution in [1.82, 2.24) is 0 Å². The van der Waals surface area contributed by atoms with Gasteiger partial charge in [-0.15, -0.1) is 25.3 Å². The van der Waals surface area contributed by atoms with Crippen LogP contribution in [0.4, 0.5) is 0 Å². The molecule has 0 saturated heterocycles. The molecule has 0 rings (SSSR count). The molecule has 0 saturated carbocycles. The summed E-state index contributed by atoms with van der Waals surface area (Å²) in [6, 6.07) is 0. The SMILES string of the molecule is O=C(OC[C@H](O)[C@H](O)CO)C(S)(S)C(S)S.OCC(CO)(CO)CO. The summed E-state index contributed by atoms with van der Waals surface area (Å²) in [5.74, 6) is -0.849. The van der Waals surface area contributed by atoms with Crippen molar-refractivity contribution in [2.75, 3.05) is 39.6 Å². The van der Waals surface area contributed by atoms with Crippen molar-refractivity contribution in [3.8, 4) is 0 Å². The van der Waals surface area contributed by atoms with Gasteiger partial charge in [-0.1, -0.05) is 0 Å². The van der Waals surface area contributed by atoms with Crippen LogP contribution in [0.1, 0.15) is 0 Å². The van der Waals surface area contributed by atoms with Gasteiger partial charge in [-0.2, -0.15) is 25.3 Å². The highest BCUT2D eigenvalue weighted by molar-refractivity contribution is 8.08. The summed E-state index contributed by atoms with van der Waals surface area (Å²) >= 11 is 15.6. The van der Waals surface area contributed by atoms with Crippen molar-refractivity contribution in [2.24, 2.45) is 5.41 Å². The first-order valence-corrected chi connectivity index (χ1v) is 8.79. The molecule has 0 aliphatic rings. The van der Waals surface area contributed by atoms with Crippen molar-refractivity contribution in [3.05, 3.63) is 0 Å². The van der Waals surface area contributed by atoms with E-state index >= 15 is 0 Å². The summed E-state index contributed by atoms with van der Waals surface area (Å²) in [4.78, 5) is 11.4. The molecule has 0 aliphatic carbocycles. The number of hydrogen-bond donors (Lipinski definition) is 11. The molecule has 0 aliphatic heterocycles. The Hall–Kier alpha value is 0.590. The topological polar surface area (TPSA) is 168 Å². The van der Waals surface area contributed by atoms with E-state index in [4.69, 9.17) is 30.6 Å². The molecule has 0 fully saturated rings. The summed E-state index contributed by atoms with van der Waals surface area (Å²) in [6.07, 6.45) is -2.74. The smallest absolute Gasteiger partial charge is 0.334 e. The Kier molecular flexibility index (Phi) is 15.3. The van der Waals surface area contributed by atoms with Gasteiger partial charge in [0.05, 0.1) is 43.0 Å². The van der Waals surface area contributed by atoms with Crippen molar-refractivity contribution in [2.45, 2.75) is 20.9 Å². The van der Waals surface area contributed by atoms with Crippen LogP contribution < -0.4 is 0 Å². The van der Waals surface area contributed by atoms with Crippen LogP contribution in [0, 0.1) is 5.41 Å². The van der Waals surface area contributed by atoms with Crippen LogP contribution in [0.2, 0.25) is 0 Å². The summed E-state index contributed by atoms with van der Waals surface area (Å²) in [6.45, 7) is -2.73. The third-order valence-electron chi connectivity index (χ3n) is 3.02. The zero-order chi connectivity index (χ0) is 20.3. The van der Waals surface area contributed by atoms with Crippen molar-refractivity contribution in [3.63, 3.8) is 0 Å². The van der Waals surface area contributed by atoms with Gasteiger partial charge in [0.2, 0.25) is 0 Å². The quantitative estimate of drug-likeness (QED) is 0.0955. The Morgan fingerprint density at radius 2 is 1.28 bits per heavy atom. The van der Waals surface area contributed by atoms with Gasteiger partial charge in [-0.25, -0.2) is 4.79 Å². The fraction of sp³-hybridized carbons (Fsp3) is 0.917. The monoisotopic (exact) mass is 442 g/mol. The second-order valence-corrected chi connectivity index (χ2v) is 8.35. The third kappa shape index (κ3) is 9.91. The molecular formula is C12H26O9S4. The van der Waals surface area contributed by atoms with Crippen LogP contribution in [0.15, 0.2) is 0 Å². The van der Waals surface area contributed by atoms with Gasteiger partial charge in [0.25, 0.3) is 0 Å². The van der Waals surface area contributed by atoms with Crippen LogP contribution in [0.3, 0.4) is 0 Å². The number of esters is 1. The van der Waals surface area contributed by atoms with E-state index in [2.05, 4.69) is 55.3 Å². The molecule has 0 unspecified atom stereocenters. The van der Waals surface area contributed by atoms with Gasteiger partial charge in [-0.3, -0.25) is 0 Å². The molecule has 0 spiro atoms. The van der Waals surface area contributed by atoms with E-state index < -0.39 is 71.9 Å². The number of carbonyl (C=O) groups excluding carboxylic acids is 1. The molecule has 0 aromatic heterocycles. The van der Waals surface area contributed by atoms with Gasteiger partial charge < -0.3 is 40.5 Å². The predicted octanol–water partition coefficient (Wildman–Crippen LogP) is -3.07. The minimum atomic E-state index is -1.52. The van der Waals surface area contributed by atoms with Crippen molar-refractivity contribution < 1.29 is 45.3 Å². The normalized spacial score (nSPS) is 14.6. The molecule has 152 valence electrons. The number of thiol groups is 4. The fourth-order valence-corrected chi connectivity index (χ4v) is 1.25. The summed E-state index contributed by atoms with van der Waals surface area (Å²) < 4.78 is 2.35. The Balaban J connectivity index is 0. The van der Waals surface area contributed by atoms with E-state index in [0.29, 0.717) is 0 Å². The van der Waals surface area contributed by atoms with Gasteiger partial charge >= 0.3 is 5.97 Å². The van der Waals surface area contributed by atoms with E-state index in [-0.39, 0.29) is 0 Å². The van der Waals surface area contributed by atoms with Crippen LogP contribution in [-0.2, 0) is 9.53 Å². The lowest BCUT2D eigenvalue weighted by Crippen LogP contribution is -2.39. The Bertz CT molecular complexity index is 349. The van der Waals surface area contributed by atoms with E-state index in [1.54, 1.807) is 0 Å². The first-order valence-electron chi connectivity index (χ1n) is 6.86. The molecule has 2 atom stereocenters. The zero-order valence-corrected chi connectivity index (χ0v) is 16.8. The average molecular weight is 443 g/mol.